The fraction of sp³-hybridized carbons (Fsp3) is 0.370. The zero-order valence-corrected chi connectivity index (χ0v) is 20.9. The first-order chi connectivity index (χ1) is 17.6. The Morgan fingerprint density at radius 2 is 2.08 bits per heavy atom. The molecule has 1 atom stereocenters. The molecule has 8 nitrogen and oxygen atoms in total. The summed E-state index contributed by atoms with van der Waals surface area (Å²) in [4.78, 5) is 18.3. The number of nitrogens with one attached hydrogen (secondary N) is 1. The third-order valence-corrected chi connectivity index (χ3v) is 6.68. The number of rotatable bonds is 7. The summed E-state index contributed by atoms with van der Waals surface area (Å²) in [6.07, 6.45) is 1.19. The van der Waals surface area contributed by atoms with E-state index in [1.165, 1.54) is 5.56 Å². The van der Waals surface area contributed by atoms with Crippen LogP contribution in [0.4, 0.5) is 4.79 Å². The predicted octanol–water partition coefficient (Wildman–Crippen LogP) is 5.38. The van der Waals surface area contributed by atoms with E-state index in [1.54, 1.807) is 11.8 Å². The maximum atomic E-state index is 13.0. The van der Waals surface area contributed by atoms with Gasteiger partial charge in [-0.25, -0.2) is 4.79 Å². The molecular formula is C27H28ClN5O3. The second-order valence-electron chi connectivity index (χ2n) is 8.71. The first kappa shape index (κ1) is 24.0. The SMILES string of the molecule is CC#CCOC(=O)N1CCc2c([nH]c3ccc(Cl)cc23)C1c1ccc(OCCCN2CCN=N2)cc1. The minimum absolute atomic E-state index is 0.0688. The van der Waals surface area contributed by atoms with Crippen LogP contribution in [0.15, 0.2) is 52.8 Å². The molecule has 1 amide bonds. The minimum atomic E-state index is -0.385. The van der Waals surface area contributed by atoms with Gasteiger partial charge in [0, 0.05) is 41.1 Å². The van der Waals surface area contributed by atoms with Crippen molar-refractivity contribution in [2.75, 3.05) is 39.4 Å². The topological polar surface area (TPSA) is 82.5 Å². The van der Waals surface area contributed by atoms with Crippen LogP contribution in [-0.4, -0.2) is 60.4 Å². The summed E-state index contributed by atoms with van der Waals surface area (Å²) in [6.45, 7) is 5.39. The number of aromatic amines is 1. The Kier molecular flexibility index (Phi) is 7.28. The maximum absolute atomic E-state index is 13.0. The summed E-state index contributed by atoms with van der Waals surface area (Å²) in [5, 5.41) is 11.8. The number of carbonyl (C=O) groups excluding carboxylic acids is 1. The maximum Gasteiger partial charge on any atom is 0.411 e. The van der Waals surface area contributed by atoms with Crippen molar-refractivity contribution in [1.29, 1.82) is 0 Å². The van der Waals surface area contributed by atoms with Crippen LogP contribution in [0.1, 0.15) is 36.2 Å². The number of aromatic nitrogens is 1. The van der Waals surface area contributed by atoms with Crippen molar-refractivity contribution in [2.24, 2.45) is 10.3 Å². The van der Waals surface area contributed by atoms with E-state index in [4.69, 9.17) is 21.1 Å². The highest BCUT2D eigenvalue weighted by molar-refractivity contribution is 6.31. The molecule has 0 fully saturated rings. The van der Waals surface area contributed by atoms with Crippen molar-refractivity contribution < 1.29 is 14.3 Å². The van der Waals surface area contributed by atoms with E-state index in [0.717, 1.165) is 54.0 Å². The number of nitrogens with zero attached hydrogens (tertiary/aromatic N) is 4. The van der Waals surface area contributed by atoms with Gasteiger partial charge in [-0.1, -0.05) is 34.9 Å². The molecule has 0 bridgehead atoms. The fourth-order valence-electron chi connectivity index (χ4n) is 4.74. The van der Waals surface area contributed by atoms with Crippen LogP contribution < -0.4 is 4.74 Å². The second kappa shape index (κ2) is 10.9. The van der Waals surface area contributed by atoms with E-state index in [9.17, 15) is 4.79 Å². The molecule has 3 aromatic rings. The van der Waals surface area contributed by atoms with Crippen LogP contribution in [0.3, 0.4) is 0 Å². The number of ether oxygens (including phenoxy) is 2. The van der Waals surface area contributed by atoms with Gasteiger partial charge in [0.25, 0.3) is 0 Å². The third kappa shape index (κ3) is 5.12. The Labute approximate surface area is 215 Å². The number of fused-ring (bicyclic) bond motifs is 3. The normalized spacial score (nSPS) is 16.6. The van der Waals surface area contributed by atoms with Gasteiger partial charge < -0.3 is 14.5 Å². The molecule has 1 N–H and O–H groups in total. The smallest absolute Gasteiger partial charge is 0.411 e. The molecule has 186 valence electrons. The van der Waals surface area contributed by atoms with Crippen LogP contribution in [0.2, 0.25) is 5.02 Å². The zero-order valence-electron chi connectivity index (χ0n) is 20.2. The molecule has 9 heteroatoms. The third-order valence-electron chi connectivity index (χ3n) is 6.44. The largest absolute Gasteiger partial charge is 0.494 e. The summed E-state index contributed by atoms with van der Waals surface area (Å²) in [7, 11) is 0. The van der Waals surface area contributed by atoms with Crippen LogP contribution >= 0.6 is 11.6 Å². The monoisotopic (exact) mass is 505 g/mol. The molecule has 1 unspecified atom stereocenters. The standard InChI is InChI=1S/C27H28ClN5O3/c1-2-3-16-36-27(34)33-14-11-22-23-18-20(28)7-10-24(23)30-25(22)26(33)19-5-8-21(9-6-19)35-17-4-13-32-15-12-29-31-32/h5-10,18,26,30H,4,11-17H2,1H3. The Bertz CT molecular complexity index is 1320. The number of halogens is 1. The highest BCUT2D eigenvalue weighted by Gasteiger charge is 2.35. The van der Waals surface area contributed by atoms with E-state index in [2.05, 4.69) is 27.2 Å². The highest BCUT2D eigenvalue weighted by atomic mass is 35.5. The van der Waals surface area contributed by atoms with E-state index < -0.39 is 0 Å². The van der Waals surface area contributed by atoms with Gasteiger partial charge in [0.15, 0.2) is 6.61 Å². The Morgan fingerprint density at radius 3 is 2.86 bits per heavy atom. The molecule has 0 aliphatic carbocycles. The quantitative estimate of drug-likeness (QED) is 0.345. The van der Waals surface area contributed by atoms with Crippen LogP contribution in [-0.2, 0) is 11.2 Å². The molecule has 36 heavy (non-hydrogen) atoms. The Hall–Kier alpha value is -3.70. The molecule has 2 aliphatic rings. The van der Waals surface area contributed by atoms with Gasteiger partial charge in [-0.2, -0.15) is 5.11 Å². The van der Waals surface area contributed by atoms with E-state index in [0.29, 0.717) is 24.6 Å². The van der Waals surface area contributed by atoms with Gasteiger partial charge in [0.05, 0.1) is 19.7 Å². The minimum Gasteiger partial charge on any atom is -0.494 e. The van der Waals surface area contributed by atoms with Crippen molar-refractivity contribution in [2.45, 2.75) is 25.8 Å². The van der Waals surface area contributed by atoms with Gasteiger partial charge >= 0.3 is 6.09 Å². The number of benzene rings is 2. The lowest BCUT2D eigenvalue weighted by Gasteiger charge is -2.35. The first-order valence-corrected chi connectivity index (χ1v) is 12.5. The molecular weight excluding hydrogens is 478 g/mol. The zero-order chi connectivity index (χ0) is 24.9. The molecule has 5 rings (SSSR count). The molecule has 2 aromatic carbocycles. The average molecular weight is 506 g/mol. The van der Waals surface area contributed by atoms with Gasteiger partial charge in [0.1, 0.15) is 11.8 Å². The van der Waals surface area contributed by atoms with Gasteiger partial charge in [0.2, 0.25) is 0 Å². The predicted molar refractivity (Wildman–Crippen MR) is 138 cm³/mol. The lowest BCUT2D eigenvalue weighted by atomic mass is 9.92. The van der Waals surface area contributed by atoms with Gasteiger partial charge in [-0.15, -0.1) is 5.92 Å². The Morgan fingerprint density at radius 1 is 1.22 bits per heavy atom. The van der Waals surface area contributed by atoms with Crippen molar-refractivity contribution in [1.82, 2.24) is 14.9 Å². The number of H-pyrrole nitrogens is 1. The fourth-order valence-corrected chi connectivity index (χ4v) is 4.91. The summed E-state index contributed by atoms with van der Waals surface area (Å²) >= 11 is 6.29. The highest BCUT2D eigenvalue weighted by Crippen LogP contribution is 2.39. The molecule has 2 aliphatic heterocycles. The molecule has 0 saturated heterocycles. The summed E-state index contributed by atoms with van der Waals surface area (Å²) in [5.41, 5.74) is 4.12. The van der Waals surface area contributed by atoms with E-state index in [-0.39, 0.29) is 18.7 Å². The number of hydrogen-bond donors (Lipinski definition) is 1. The molecule has 3 heterocycles. The first-order valence-electron chi connectivity index (χ1n) is 12.1. The number of carbonyl (C=O) groups is 1. The number of hydrogen-bond acceptors (Lipinski definition) is 6. The van der Waals surface area contributed by atoms with Crippen LogP contribution in [0.5, 0.6) is 5.75 Å². The number of amides is 1. The average Bonchev–Trinajstić information content (AvgIpc) is 3.54. The van der Waals surface area contributed by atoms with Crippen molar-refractivity contribution in [3.8, 4) is 17.6 Å². The molecule has 0 radical (unpaired) electrons. The van der Waals surface area contributed by atoms with Crippen molar-refractivity contribution in [3.63, 3.8) is 0 Å². The van der Waals surface area contributed by atoms with Crippen molar-refractivity contribution in [3.05, 3.63) is 64.3 Å². The summed E-state index contributed by atoms with van der Waals surface area (Å²) in [5.74, 6) is 6.34. The van der Waals surface area contributed by atoms with E-state index in [1.807, 2.05) is 47.5 Å². The molecule has 1 aromatic heterocycles. The van der Waals surface area contributed by atoms with Gasteiger partial charge in [-0.3, -0.25) is 9.91 Å². The van der Waals surface area contributed by atoms with Crippen molar-refractivity contribution >= 4 is 28.6 Å². The lowest BCUT2D eigenvalue weighted by Crippen LogP contribution is -2.41. The summed E-state index contributed by atoms with van der Waals surface area (Å²) in [6, 6.07) is 13.4. The molecule has 0 saturated carbocycles. The second-order valence-corrected chi connectivity index (χ2v) is 9.15. The Balaban J connectivity index is 1.37. The molecule has 0 spiro atoms. The summed E-state index contributed by atoms with van der Waals surface area (Å²) < 4.78 is 11.4. The van der Waals surface area contributed by atoms with Crippen LogP contribution in [0.25, 0.3) is 10.9 Å². The van der Waals surface area contributed by atoms with Crippen LogP contribution in [0, 0.1) is 11.8 Å². The lowest BCUT2D eigenvalue weighted by molar-refractivity contribution is 0.0993. The van der Waals surface area contributed by atoms with E-state index >= 15 is 0 Å². The van der Waals surface area contributed by atoms with Gasteiger partial charge in [-0.05, 0) is 54.8 Å².